The van der Waals surface area contributed by atoms with Crippen molar-refractivity contribution in [2.45, 2.75) is 26.3 Å². The summed E-state index contributed by atoms with van der Waals surface area (Å²) in [6.07, 6.45) is 2.13. The third-order valence-corrected chi connectivity index (χ3v) is 6.29. The van der Waals surface area contributed by atoms with E-state index in [1.165, 1.54) is 5.52 Å². The van der Waals surface area contributed by atoms with Gasteiger partial charge in [-0.3, -0.25) is 14.5 Å². The molecule has 2 aromatic carbocycles. The fourth-order valence-electron chi connectivity index (χ4n) is 4.56. The van der Waals surface area contributed by atoms with Crippen molar-refractivity contribution in [2.24, 2.45) is 5.92 Å². The third-order valence-electron chi connectivity index (χ3n) is 6.29. The quantitative estimate of drug-likeness (QED) is 0.644. The fraction of sp³-hybridized carbons (Fsp3) is 0.375. The molecule has 7 heteroatoms. The number of benzene rings is 2. The van der Waals surface area contributed by atoms with Crippen molar-refractivity contribution in [1.82, 2.24) is 14.5 Å². The zero-order chi connectivity index (χ0) is 21.4. The van der Waals surface area contributed by atoms with Gasteiger partial charge < -0.3 is 14.6 Å². The number of rotatable bonds is 5. The number of ether oxygens (including phenoxy) is 1. The van der Waals surface area contributed by atoms with Crippen LogP contribution in [-0.4, -0.2) is 52.4 Å². The Hall–Kier alpha value is -3.19. The molecule has 7 nitrogen and oxygen atoms in total. The van der Waals surface area contributed by atoms with E-state index in [1.54, 1.807) is 18.2 Å². The van der Waals surface area contributed by atoms with Crippen molar-refractivity contribution in [1.29, 1.82) is 0 Å². The molecule has 1 N–H and O–H groups in total. The molecule has 2 aliphatic rings. The smallest absolute Gasteiger partial charge is 0.262 e. The zero-order valence-electron chi connectivity index (χ0n) is 17.6. The second-order valence-electron chi connectivity index (χ2n) is 8.45. The van der Waals surface area contributed by atoms with Crippen molar-refractivity contribution >= 4 is 28.4 Å². The Morgan fingerprint density at radius 3 is 2.84 bits per heavy atom. The Kier molecular flexibility index (Phi) is 5.19. The molecule has 0 spiro atoms. The molecule has 0 atom stereocenters. The van der Waals surface area contributed by atoms with E-state index in [0.717, 1.165) is 43.8 Å². The second kappa shape index (κ2) is 8.15. The number of imidazole rings is 1. The highest BCUT2D eigenvalue weighted by Gasteiger charge is 2.24. The second-order valence-corrected chi connectivity index (χ2v) is 8.45. The maximum absolute atomic E-state index is 12.8. The minimum atomic E-state index is -0.194. The lowest BCUT2D eigenvalue weighted by molar-refractivity contribution is -0.118. The first-order valence-corrected chi connectivity index (χ1v) is 10.8. The van der Waals surface area contributed by atoms with Crippen LogP contribution in [0.1, 0.15) is 29.0 Å². The van der Waals surface area contributed by atoms with Crippen LogP contribution in [0.5, 0.6) is 5.75 Å². The predicted octanol–water partition coefficient (Wildman–Crippen LogP) is 3.27. The van der Waals surface area contributed by atoms with E-state index in [4.69, 9.17) is 4.74 Å². The number of aryl methyl sites for hydroxylation is 1. The average molecular weight is 418 g/mol. The summed E-state index contributed by atoms with van der Waals surface area (Å²) >= 11 is 0. The van der Waals surface area contributed by atoms with Gasteiger partial charge in [-0.25, -0.2) is 4.98 Å². The number of piperidine rings is 1. The van der Waals surface area contributed by atoms with E-state index in [1.807, 2.05) is 6.07 Å². The Balaban J connectivity index is 1.18. The molecular weight excluding hydrogens is 392 g/mol. The average Bonchev–Trinajstić information content (AvgIpc) is 3.09. The molecular formula is C24H26N4O3. The van der Waals surface area contributed by atoms with Crippen molar-refractivity contribution in [3.8, 4) is 5.75 Å². The molecule has 160 valence electrons. The van der Waals surface area contributed by atoms with Gasteiger partial charge >= 0.3 is 0 Å². The SMILES string of the molecule is Cc1nc2ccccc2n1CC1CCN(CC(=O)c2ccc3c(c2)NC(=O)CO3)CC1. The summed E-state index contributed by atoms with van der Waals surface area (Å²) in [6.45, 7) is 5.27. The fourth-order valence-corrected chi connectivity index (χ4v) is 4.56. The molecule has 3 heterocycles. The molecule has 31 heavy (non-hydrogen) atoms. The summed E-state index contributed by atoms with van der Waals surface area (Å²) in [4.78, 5) is 31.2. The number of nitrogens with one attached hydrogen (secondary N) is 1. The number of ketones is 1. The van der Waals surface area contributed by atoms with Crippen LogP contribution < -0.4 is 10.1 Å². The van der Waals surface area contributed by atoms with Crippen LogP contribution in [0.3, 0.4) is 0 Å². The molecule has 0 radical (unpaired) electrons. The number of carbonyl (C=O) groups excluding carboxylic acids is 2. The molecule has 0 saturated carbocycles. The lowest BCUT2D eigenvalue weighted by Crippen LogP contribution is -2.38. The number of Topliss-reactive ketones (excluding diaryl/α,β-unsaturated/α-hetero) is 1. The van der Waals surface area contributed by atoms with Crippen LogP contribution in [-0.2, 0) is 11.3 Å². The van der Waals surface area contributed by atoms with Gasteiger partial charge in [-0.2, -0.15) is 0 Å². The van der Waals surface area contributed by atoms with Crippen LogP contribution in [0.4, 0.5) is 5.69 Å². The molecule has 1 fully saturated rings. The molecule has 0 bridgehead atoms. The number of hydrogen-bond donors (Lipinski definition) is 1. The first kappa shape index (κ1) is 19.8. The molecule has 2 aliphatic heterocycles. The van der Waals surface area contributed by atoms with Gasteiger partial charge in [0.25, 0.3) is 5.91 Å². The number of fused-ring (bicyclic) bond motifs is 2. The number of nitrogens with zero attached hydrogens (tertiary/aromatic N) is 3. The van der Waals surface area contributed by atoms with Crippen LogP contribution in [0.2, 0.25) is 0 Å². The lowest BCUT2D eigenvalue weighted by atomic mass is 9.96. The van der Waals surface area contributed by atoms with Crippen molar-refractivity contribution < 1.29 is 14.3 Å². The number of anilines is 1. The highest BCUT2D eigenvalue weighted by atomic mass is 16.5. The Morgan fingerprint density at radius 2 is 2.00 bits per heavy atom. The zero-order valence-corrected chi connectivity index (χ0v) is 17.6. The summed E-state index contributed by atoms with van der Waals surface area (Å²) in [7, 11) is 0. The van der Waals surface area contributed by atoms with Gasteiger partial charge in [-0.1, -0.05) is 12.1 Å². The Morgan fingerprint density at radius 1 is 1.19 bits per heavy atom. The monoisotopic (exact) mass is 418 g/mol. The normalized spacial score (nSPS) is 17.3. The van der Waals surface area contributed by atoms with Crippen LogP contribution >= 0.6 is 0 Å². The maximum atomic E-state index is 12.8. The van der Waals surface area contributed by atoms with Gasteiger partial charge in [0.15, 0.2) is 12.4 Å². The third kappa shape index (κ3) is 4.05. The number of amides is 1. The number of likely N-dealkylation sites (tertiary alicyclic amines) is 1. The molecule has 1 amide bonds. The molecule has 1 saturated heterocycles. The number of para-hydroxylation sites is 2. The predicted molar refractivity (Wildman–Crippen MR) is 119 cm³/mol. The summed E-state index contributed by atoms with van der Waals surface area (Å²) in [5, 5.41) is 2.77. The van der Waals surface area contributed by atoms with E-state index < -0.39 is 0 Å². The van der Waals surface area contributed by atoms with Gasteiger partial charge in [0, 0.05) is 12.1 Å². The summed E-state index contributed by atoms with van der Waals surface area (Å²) < 4.78 is 7.69. The molecule has 0 unspecified atom stereocenters. The molecule has 1 aromatic heterocycles. The van der Waals surface area contributed by atoms with E-state index in [-0.39, 0.29) is 18.3 Å². The highest BCUT2D eigenvalue weighted by Crippen LogP contribution is 2.29. The van der Waals surface area contributed by atoms with E-state index in [0.29, 0.717) is 29.5 Å². The van der Waals surface area contributed by atoms with Gasteiger partial charge in [-0.05, 0) is 69.1 Å². The first-order valence-electron chi connectivity index (χ1n) is 10.8. The van der Waals surface area contributed by atoms with Crippen LogP contribution in [0.15, 0.2) is 42.5 Å². The van der Waals surface area contributed by atoms with Gasteiger partial charge in [0.05, 0.1) is 23.3 Å². The minimum absolute atomic E-state index is 0.0175. The summed E-state index contributed by atoms with van der Waals surface area (Å²) in [6, 6.07) is 13.5. The van der Waals surface area contributed by atoms with Crippen LogP contribution in [0, 0.1) is 12.8 Å². The Bertz CT molecular complexity index is 1140. The van der Waals surface area contributed by atoms with E-state index in [2.05, 4.69) is 44.9 Å². The van der Waals surface area contributed by atoms with Crippen molar-refractivity contribution in [3.63, 3.8) is 0 Å². The standard InChI is InChI=1S/C24H26N4O3/c1-16-25-19-4-2-3-5-21(19)28(16)13-17-8-10-27(11-9-17)14-22(29)18-6-7-23-20(12-18)26-24(30)15-31-23/h2-7,12,17H,8-11,13-15H2,1H3,(H,26,30). The first-order chi connectivity index (χ1) is 15.1. The minimum Gasteiger partial charge on any atom is -0.482 e. The molecule has 0 aliphatic carbocycles. The van der Waals surface area contributed by atoms with Gasteiger partial charge in [-0.15, -0.1) is 0 Å². The van der Waals surface area contributed by atoms with Gasteiger partial charge in [0.2, 0.25) is 0 Å². The Labute approximate surface area is 181 Å². The summed E-state index contributed by atoms with van der Waals surface area (Å²) in [5.41, 5.74) is 3.42. The van der Waals surface area contributed by atoms with E-state index in [9.17, 15) is 9.59 Å². The highest BCUT2D eigenvalue weighted by molar-refractivity contribution is 6.01. The largest absolute Gasteiger partial charge is 0.482 e. The summed E-state index contributed by atoms with van der Waals surface area (Å²) in [5.74, 6) is 2.12. The van der Waals surface area contributed by atoms with Crippen LogP contribution in [0.25, 0.3) is 11.0 Å². The topological polar surface area (TPSA) is 76.5 Å². The van der Waals surface area contributed by atoms with Crippen molar-refractivity contribution in [3.05, 3.63) is 53.9 Å². The maximum Gasteiger partial charge on any atom is 0.262 e. The van der Waals surface area contributed by atoms with E-state index >= 15 is 0 Å². The van der Waals surface area contributed by atoms with Crippen molar-refractivity contribution in [2.75, 3.05) is 31.6 Å². The number of carbonyl (C=O) groups is 2. The molecule has 5 rings (SSSR count). The number of hydrogen-bond acceptors (Lipinski definition) is 5. The molecule has 3 aromatic rings. The lowest BCUT2D eigenvalue weighted by Gasteiger charge is -2.32. The van der Waals surface area contributed by atoms with Gasteiger partial charge in [0.1, 0.15) is 11.6 Å². The number of aromatic nitrogens is 2.